The van der Waals surface area contributed by atoms with Gasteiger partial charge in [-0.15, -0.1) is 23.7 Å². The van der Waals surface area contributed by atoms with E-state index in [1.165, 1.54) is 10.4 Å². The highest BCUT2D eigenvalue weighted by Crippen LogP contribution is 2.27. The number of nitrogens with zero attached hydrogens (tertiary/aromatic N) is 1. The maximum absolute atomic E-state index is 13.1. The fraction of sp³-hybridized carbons (Fsp3) is 0.455. The summed E-state index contributed by atoms with van der Waals surface area (Å²) in [5.41, 5.74) is 8.97. The van der Waals surface area contributed by atoms with Crippen LogP contribution in [0.15, 0.2) is 29.6 Å². The summed E-state index contributed by atoms with van der Waals surface area (Å²) in [6.07, 6.45) is 5.36. The van der Waals surface area contributed by atoms with Crippen molar-refractivity contribution in [2.75, 3.05) is 18.4 Å². The molecule has 0 saturated carbocycles. The summed E-state index contributed by atoms with van der Waals surface area (Å²) < 4.78 is 0. The molecule has 1 aliphatic rings. The topological polar surface area (TPSA) is 75.4 Å². The van der Waals surface area contributed by atoms with Crippen LogP contribution in [0.1, 0.15) is 58.5 Å². The van der Waals surface area contributed by atoms with E-state index in [0.29, 0.717) is 25.1 Å². The maximum Gasteiger partial charge on any atom is 0.254 e. The number of unbranched alkanes of at least 4 members (excludes halogenated alkanes) is 3. The van der Waals surface area contributed by atoms with E-state index >= 15 is 0 Å². The summed E-state index contributed by atoms with van der Waals surface area (Å²) in [6, 6.07) is 7.67. The summed E-state index contributed by atoms with van der Waals surface area (Å²) >= 11 is 1.77. The second-order valence-electron chi connectivity index (χ2n) is 7.32. The molecule has 7 heteroatoms. The molecular formula is C22H30ClN3O2S. The van der Waals surface area contributed by atoms with Gasteiger partial charge in [-0.1, -0.05) is 18.9 Å². The highest BCUT2D eigenvalue weighted by Gasteiger charge is 2.24. The van der Waals surface area contributed by atoms with Crippen LogP contribution in [-0.4, -0.2) is 29.8 Å². The summed E-state index contributed by atoms with van der Waals surface area (Å²) in [5.74, 6) is 0.0357. The van der Waals surface area contributed by atoms with E-state index in [4.69, 9.17) is 5.73 Å². The first kappa shape index (κ1) is 23.4. The van der Waals surface area contributed by atoms with Crippen molar-refractivity contribution in [2.24, 2.45) is 5.73 Å². The van der Waals surface area contributed by atoms with Crippen molar-refractivity contribution in [3.05, 3.63) is 51.2 Å². The van der Waals surface area contributed by atoms with Crippen LogP contribution >= 0.6 is 23.7 Å². The number of benzene rings is 1. The van der Waals surface area contributed by atoms with Crippen molar-refractivity contribution in [1.29, 1.82) is 0 Å². The van der Waals surface area contributed by atoms with Crippen LogP contribution in [0, 0.1) is 6.92 Å². The van der Waals surface area contributed by atoms with Gasteiger partial charge in [-0.3, -0.25) is 9.59 Å². The molecule has 29 heavy (non-hydrogen) atoms. The van der Waals surface area contributed by atoms with Crippen molar-refractivity contribution in [3.63, 3.8) is 0 Å². The van der Waals surface area contributed by atoms with E-state index in [1.54, 1.807) is 11.3 Å². The Bertz CT molecular complexity index is 837. The Morgan fingerprint density at radius 2 is 1.97 bits per heavy atom. The molecule has 1 aromatic carbocycles. The predicted octanol–water partition coefficient (Wildman–Crippen LogP) is 4.52. The maximum atomic E-state index is 13.1. The number of fused-ring (bicyclic) bond motifs is 1. The molecule has 2 aromatic rings. The minimum absolute atomic E-state index is 0. The van der Waals surface area contributed by atoms with Gasteiger partial charge >= 0.3 is 0 Å². The third-order valence-electron chi connectivity index (χ3n) is 5.29. The molecule has 3 rings (SSSR count). The molecular weight excluding hydrogens is 406 g/mol. The quantitative estimate of drug-likeness (QED) is 0.598. The van der Waals surface area contributed by atoms with Crippen molar-refractivity contribution in [1.82, 2.24) is 4.90 Å². The molecule has 0 bridgehead atoms. The molecule has 0 fully saturated rings. The molecule has 0 aliphatic carbocycles. The van der Waals surface area contributed by atoms with Gasteiger partial charge in [0, 0.05) is 35.6 Å². The average Bonchev–Trinajstić information content (AvgIpc) is 3.17. The van der Waals surface area contributed by atoms with Crippen molar-refractivity contribution < 1.29 is 9.59 Å². The zero-order valence-electron chi connectivity index (χ0n) is 16.9. The number of thiophene rings is 1. The summed E-state index contributed by atoms with van der Waals surface area (Å²) in [7, 11) is 0. The average molecular weight is 436 g/mol. The molecule has 1 aliphatic heterocycles. The molecule has 0 radical (unpaired) electrons. The first-order chi connectivity index (χ1) is 13.6. The van der Waals surface area contributed by atoms with Gasteiger partial charge in [0.05, 0.1) is 0 Å². The van der Waals surface area contributed by atoms with Crippen LogP contribution in [0.5, 0.6) is 0 Å². The fourth-order valence-electron chi connectivity index (χ4n) is 3.59. The minimum Gasteiger partial charge on any atom is -0.334 e. The Labute approximate surface area is 183 Å². The van der Waals surface area contributed by atoms with Gasteiger partial charge in [0.1, 0.15) is 0 Å². The normalized spacial score (nSPS) is 12.8. The van der Waals surface area contributed by atoms with Gasteiger partial charge in [-0.2, -0.15) is 0 Å². The monoisotopic (exact) mass is 435 g/mol. The lowest BCUT2D eigenvalue weighted by Gasteiger charge is -2.28. The lowest BCUT2D eigenvalue weighted by molar-refractivity contribution is -0.116. The number of hydrogen-bond donors (Lipinski definition) is 2. The zero-order chi connectivity index (χ0) is 19.9. The summed E-state index contributed by atoms with van der Waals surface area (Å²) in [4.78, 5) is 28.6. The van der Waals surface area contributed by atoms with E-state index in [0.717, 1.165) is 49.9 Å². The van der Waals surface area contributed by atoms with Crippen molar-refractivity contribution >= 4 is 41.2 Å². The number of halogens is 1. The van der Waals surface area contributed by atoms with Crippen molar-refractivity contribution in [2.45, 2.75) is 52.0 Å². The van der Waals surface area contributed by atoms with Crippen LogP contribution in [-0.2, 0) is 17.8 Å². The standard InChI is InChI=1S/C22H29N3O2S.ClH/c1-16-18(22(27)25-13-10-20-17(15-25)11-14-28-20)7-6-8-19(16)24-21(26)9-4-2-3-5-12-23;/h6-8,11,14H,2-5,9-10,12-13,15,23H2,1H3,(H,24,26);1H. The number of anilines is 1. The fourth-order valence-corrected chi connectivity index (χ4v) is 4.48. The smallest absolute Gasteiger partial charge is 0.254 e. The number of amides is 2. The number of carbonyl (C=O) groups excluding carboxylic acids is 2. The molecule has 0 spiro atoms. The Balaban J connectivity index is 0.00000300. The number of carbonyl (C=O) groups is 2. The Morgan fingerprint density at radius 3 is 2.76 bits per heavy atom. The van der Waals surface area contributed by atoms with Gasteiger partial charge in [0.25, 0.3) is 5.91 Å². The van der Waals surface area contributed by atoms with E-state index < -0.39 is 0 Å². The molecule has 158 valence electrons. The SMILES string of the molecule is Cc1c(NC(=O)CCCCCCN)cccc1C(=O)N1CCc2sccc2C1.Cl. The first-order valence-corrected chi connectivity index (χ1v) is 10.9. The Kier molecular flexibility index (Phi) is 9.14. The molecule has 1 aromatic heterocycles. The predicted molar refractivity (Wildman–Crippen MR) is 122 cm³/mol. The lowest BCUT2D eigenvalue weighted by atomic mass is 10.0. The number of hydrogen-bond acceptors (Lipinski definition) is 4. The Morgan fingerprint density at radius 1 is 1.17 bits per heavy atom. The van der Waals surface area contributed by atoms with Gasteiger partial charge in [0.2, 0.25) is 5.91 Å². The van der Waals surface area contributed by atoms with Gasteiger partial charge in [-0.05, 0) is 67.4 Å². The van der Waals surface area contributed by atoms with Crippen LogP contribution in [0.25, 0.3) is 0 Å². The van der Waals surface area contributed by atoms with Gasteiger partial charge in [0.15, 0.2) is 0 Å². The molecule has 5 nitrogen and oxygen atoms in total. The molecule has 3 N–H and O–H groups in total. The van der Waals surface area contributed by atoms with Gasteiger partial charge in [-0.25, -0.2) is 0 Å². The van der Waals surface area contributed by atoms with Crippen molar-refractivity contribution in [3.8, 4) is 0 Å². The molecule has 2 heterocycles. The molecule has 0 saturated heterocycles. The van der Waals surface area contributed by atoms with Crippen LogP contribution in [0.2, 0.25) is 0 Å². The lowest BCUT2D eigenvalue weighted by Crippen LogP contribution is -2.35. The van der Waals surface area contributed by atoms with Crippen LogP contribution in [0.3, 0.4) is 0 Å². The number of nitrogens with two attached hydrogens (primary N) is 1. The van der Waals surface area contributed by atoms with Crippen LogP contribution < -0.4 is 11.1 Å². The second kappa shape index (κ2) is 11.3. The number of nitrogens with one attached hydrogen (secondary N) is 1. The summed E-state index contributed by atoms with van der Waals surface area (Å²) in [5, 5.41) is 5.07. The first-order valence-electron chi connectivity index (χ1n) is 10.0. The molecule has 2 amide bonds. The highest BCUT2D eigenvalue weighted by molar-refractivity contribution is 7.10. The third-order valence-corrected chi connectivity index (χ3v) is 6.31. The van der Waals surface area contributed by atoms with E-state index in [1.807, 2.05) is 30.0 Å². The number of rotatable bonds is 8. The van der Waals surface area contributed by atoms with E-state index in [2.05, 4.69) is 16.8 Å². The van der Waals surface area contributed by atoms with Gasteiger partial charge < -0.3 is 16.0 Å². The minimum atomic E-state index is 0. The van der Waals surface area contributed by atoms with E-state index in [-0.39, 0.29) is 24.2 Å². The second-order valence-corrected chi connectivity index (χ2v) is 8.33. The van der Waals surface area contributed by atoms with Crippen LogP contribution in [0.4, 0.5) is 5.69 Å². The largest absolute Gasteiger partial charge is 0.334 e. The van der Waals surface area contributed by atoms with E-state index in [9.17, 15) is 9.59 Å². The molecule has 0 unspecified atom stereocenters. The Hall–Kier alpha value is -1.89. The highest BCUT2D eigenvalue weighted by atomic mass is 35.5. The summed E-state index contributed by atoms with van der Waals surface area (Å²) in [6.45, 7) is 4.02. The zero-order valence-corrected chi connectivity index (χ0v) is 18.5. The third kappa shape index (κ3) is 6.04. The molecule has 0 atom stereocenters.